The highest BCUT2D eigenvalue weighted by Gasteiger charge is 2.12. The number of rotatable bonds is 2. The number of benzene rings is 1. The van der Waals surface area contributed by atoms with E-state index >= 15 is 0 Å². The number of phenols is 1. The molecule has 0 bridgehead atoms. The van der Waals surface area contributed by atoms with Crippen LogP contribution in [0.2, 0.25) is 0 Å². The molecule has 0 radical (unpaired) electrons. The number of halogens is 1. The topological polar surface area (TPSA) is 37.3 Å². The minimum atomic E-state index is -0.277. The normalized spacial score (nSPS) is 12.5. The minimum absolute atomic E-state index is 0.156. The highest BCUT2D eigenvalue weighted by Crippen LogP contribution is 2.31. The highest BCUT2D eigenvalue weighted by molar-refractivity contribution is 9.10. The van der Waals surface area contributed by atoms with E-state index in [4.69, 9.17) is 0 Å². The van der Waals surface area contributed by atoms with Crippen LogP contribution in [0.25, 0.3) is 0 Å². The van der Waals surface area contributed by atoms with Crippen LogP contribution in [0.1, 0.15) is 18.4 Å². The molecule has 1 unspecified atom stereocenters. The van der Waals surface area contributed by atoms with E-state index in [0.717, 1.165) is 10.8 Å². The van der Waals surface area contributed by atoms with E-state index < -0.39 is 0 Å². The van der Waals surface area contributed by atoms with Gasteiger partial charge in [-0.25, -0.2) is 0 Å². The van der Waals surface area contributed by atoms with Gasteiger partial charge in [0, 0.05) is 16.0 Å². The van der Waals surface area contributed by atoms with Gasteiger partial charge in [0.15, 0.2) is 0 Å². The lowest BCUT2D eigenvalue weighted by molar-refractivity contribution is -0.108. The quantitative estimate of drug-likeness (QED) is 0.791. The third-order valence-corrected chi connectivity index (χ3v) is 2.38. The molecule has 64 valence electrons. The first kappa shape index (κ1) is 9.26. The third kappa shape index (κ3) is 1.67. The number of hydrogen-bond acceptors (Lipinski definition) is 2. The van der Waals surface area contributed by atoms with Gasteiger partial charge < -0.3 is 9.90 Å². The lowest BCUT2D eigenvalue weighted by atomic mass is 10.0. The molecule has 3 heteroatoms. The Morgan fingerprint density at radius 2 is 2.25 bits per heavy atom. The molecule has 0 aliphatic rings. The Morgan fingerprint density at radius 1 is 1.58 bits per heavy atom. The maximum atomic E-state index is 10.5. The molecule has 0 heterocycles. The third-order valence-electron chi connectivity index (χ3n) is 1.69. The molecule has 0 fully saturated rings. The van der Waals surface area contributed by atoms with Gasteiger partial charge in [-0.15, -0.1) is 0 Å². The molecule has 0 saturated heterocycles. The Hall–Kier alpha value is -0.830. The standard InChI is InChI=1S/C9H9BrO2/c1-6(5-11)9-7(10)3-2-4-8(9)12/h2-6,12H,1H3. The molecule has 2 nitrogen and oxygen atoms in total. The molecule has 1 aromatic carbocycles. The second kappa shape index (κ2) is 3.72. The summed E-state index contributed by atoms with van der Waals surface area (Å²) in [7, 11) is 0. The number of hydrogen-bond donors (Lipinski definition) is 1. The van der Waals surface area contributed by atoms with Gasteiger partial charge in [-0.1, -0.05) is 28.9 Å². The van der Waals surface area contributed by atoms with Crippen LogP contribution < -0.4 is 0 Å². The van der Waals surface area contributed by atoms with Crippen molar-refractivity contribution in [3.63, 3.8) is 0 Å². The summed E-state index contributed by atoms with van der Waals surface area (Å²) in [6, 6.07) is 5.09. The van der Waals surface area contributed by atoms with E-state index in [-0.39, 0.29) is 11.7 Å². The van der Waals surface area contributed by atoms with Gasteiger partial charge in [0.1, 0.15) is 12.0 Å². The molecular formula is C9H9BrO2. The molecule has 12 heavy (non-hydrogen) atoms. The van der Waals surface area contributed by atoms with E-state index in [1.54, 1.807) is 25.1 Å². The Balaban J connectivity index is 3.20. The Morgan fingerprint density at radius 3 is 2.75 bits per heavy atom. The van der Waals surface area contributed by atoms with Crippen molar-refractivity contribution < 1.29 is 9.90 Å². The molecule has 0 aliphatic heterocycles. The fourth-order valence-electron chi connectivity index (χ4n) is 1.04. The number of aldehydes is 1. The first-order valence-corrected chi connectivity index (χ1v) is 4.38. The molecule has 0 spiro atoms. The lowest BCUT2D eigenvalue weighted by Crippen LogP contribution is -1.95. The monoisotopic (exact) mass is 228 g/mol. The maximum Gasteiger partial charge on any atom is 0.127 e. The summed E-state index contributed by atoms with van der Waals surface area (Å²) in [5.41, 5.74) is 0.646. The molecule has 0 saturated carbocycles. The van der Waals surface area contributed by atoms with E-state index in [0.29, 0.717) is 5.56 Å². The molecule has 1 atom stereocenters. The smallest absolute Gasteiger partial charge is 0.127 e. The largest absolute Gasteiger partial charge is 0.508 e. The van der Waals surface area contributed by atoms with Gasteiger partial charge >= 0.3 is 0 Å². The molecule has 1 aromatic rings. The Kier molecular flexibility index (Phi) is 2.87. The molecule has 0 aromatic heterocycles. The van der Waals surface area contributed by atoms with E-state index in [2.05, 4.69) is 15.9 Å². The van der Waals surface area contributed by atoms with Crippen molar-refractivity contribution >= 4 is 22.2 Å². The average Bonchev–Trinajstić information content (AvgIpc) is 2.03. The van der Waals surface area contributed by atoms with Crippen molar-refractivity contribution in [2.45, 2.75) is 12.8 Å². The van der Waals surface area contributed by atoms with Gasteiger partial charge in [-0.2, -0.15) is 0 Å². The van der Waals surface area contributed by atoms with Gasteiger partial charge in [0.25, 0.3) is 0 Å². The van der Waals surface area contributed by atoms with Crippen LogP contribution in [0.3, 0.4) is 0 Å². The van der Waals surface area contributed by atoms with Crippen molar-refractivity contribution in [2.75, 3.05) is 0 Å². The van der Waals surface area contributed by atoms with Crippen molar-refractivity contribution in [1.82, 2.24) is 0 Å². The summed E-state index contributed by atoms with van der Waals surface area (Å²) < 4.78 is 0.766. The lowest BCUT2D eigenvalue weighted by Gasteiger charge is -2.08. The summed E-state index contributed by atoms with van der Waals surface area (Å²) in [6.45, 7) is 1.74. The van der Waals surface area contributed by atoms with Crippen LogP contribution >= 0.6 is 15.9 Å². The molecule has 1 N–H and O–H groups in total. The zero-order valence-corrected chi connectivity index (χ0v) is 8.21. The number of carbonyl (C=O) groups is 1. The van der Waals surface area contributed by atoms with Crippen molar-refractivity contribution in [3.05, 3.63) is 28.2 Å². The van der Waals surface area contributed by atoms with Crippen LogP contribution in [0.5, 0.6) is 5.75 Å². The fraction of sp³-hybridized carbons (Fsp3) is 0.222. The Bertz CT molecular complexity index is 276. The molecule has 1 rings (SSSR count). The van der Waals surface area contributed by atoms with Gasteiger partial charge in [0.05, 0.1) is 0 Å². The first-order valence-electron chi connectivity index (χ1n) is 3.59. The number of carbonyl (C=O) groups excluding carboxylic acids is 1. The highest BCUT2D eigenvalue weighted by atomic mass is 79.9. The number of phenolic OH excluding ortho intramolecular Hbond substituents is 1. The van der Waals surface area contributed by atoms with E-state index in [1.807, 2.05) is 0 Å². The zero-order valence-electron chi connectivity index (χ0n) is 6.62. The van der Waals surface area contributed by atoms with Crippen molar-refractivity contribution in [3.8, 4) is 5.75 Å². The second-order valence-electron chi connectivity index (χ2n) is 2.60. The maximum absolute atomic E-state index is 10.5. The van der Waals surface area contributed by atoms with E-state index in [1.165, 1.54) is 0 Å². The number of aromatic hydroxyl groups is 1. The van der Waals surface area contributed by atoms with Crippen molar-refractivity contribution in [1.29, 1.82) is 0 Å². The molecule has 0 amide bonds. The summed E-state index contributed by atoms with van der Waals surface area (Å²) in [5, 5.41) is 9.40. The SMILES string of the molecule is CC(C=O)c1c(O)cccc1Br. The summed E-state index contributed by atoms with van der Waals surface area (Å²) in [4.78, 5) is 10.5. The van der Waals surface area contributed by atoms with Gasteiger partial charge in [0.2, 0.25) is 0 Å². The van der Waals surface area contributed by atoms with Crippen LogP contribution in [0.4, 0.5) is 0 Å². The van der Waals surface area contributed by atoms with Crippen molar-refractivity contribution in [2.24, 2.45) is 0 Å². The van der Waals surface area contributed by atoms with Crippen LogP contribution in [-0.2, 0) is 4.79 Å². The zero-order chi connectivity index (χ0) is 9.14. The first-order chi connectivity index (χ1) is 5.66. The van der Waals surface area contributed by atoms with Crippen LogP contribution in [-0.4, -0.2) is 11.4 Å². The van der Waals surface area contributed by atoms with Gasteiger partial charge in [-0.3, -0.25) is 0 Å². The molecule has 0 aliphatic carbocycles. The van der Waals surface area contributed by atoms with Crippen LogP contribution in [0.15, 0.2) is 22.7 Å². The fourth-order valence-corrected chi connectivity index (χ4v) is 1.76. The molecular weight excluding hydrogens is 220 g/mol. The van der Waals surface area contributed by atoms with Gasteiger partial charge in [-0.05, 0) is 12.1 Å². The second-order valence-corrected chi connectivity index (χ2v) is 3.45. The minimum Gasteiger partial charge on any atom is -0.508 e. The van der Waals surface area contributed by atoms with E-state index in [9.17, 15) is 9.90 Å². The predicted octanol–water partition coefficient (Wildman–Crippen LogP) is 2.46. The summed E-state index contributed by atoms with van der Waals surface area (Å²) in [6.07, 6.45) is 0.805. The predicted molar refractivity (Wildman–Crippen MR) is 50.3 cm³/mol. The Labute approximate surface area is 79.3 Å². The summed E-state index contributed by atoms with van der Waals surface area (Å²) >= 11 is 3.27. The average molecular weight is 229 g/mol. The van der Waals surface area contributed by atoms with Crippen LogP contribution in [0, 0.1) is 0 Å². The summed E-state index contributed by atoms with van der Waals surface area (Å²) in [5.74, 6) is -0.121.